The second-order valence-electron chi connectivity index (χ2n) is 6.85. The molecule has 0 N–H and O–H groups in total. The van der Waals surface area contributed by atoms with Crippen molar-refractivity contribution >= 4 is 5.78 Å². The molecule has 150 valence electrons. The number of carbonyl (C=O) groups is 1. The maximum absolute atomic E-state index is 12.1. The van der Waals surface area contributed by atoms with Crippen molar-refractivity contribution in [2.45, 2.75) is 26.4 Å². The zero-order valence-electron chi connectivity index (χ0n) is 17.1. The summed E-state index contributed by atoms with van der Waals surface area (Å²) in [7, 11) is 3.10. The molecule has 0 unspecified atom stereocenters. The molecular formula is C25H26O4. The molecule has 3 aromatic carbocycles. The second-order valence-corrected chi connectivity index (χ2v) is 6.85. The van der Waals surface area contributed by atoms with E-state index in [1.54, 1.807) is 19.2 Å². The van der Waals surface area contributed by atoms with Crippen LogP contribution in [-0.2, 0) is 19.4 Å². The first-order valence-electron chi connectivity index (χ1n) is 9.62. The van der Waals surface area contributed by atoms with Crippen LogP contribution in [0.3, 0.4) is 0 Å². The summed E-state index contributed by atoms with van der Waals surface area (Å²) in [6.45, 7) is 1.86. The average Bonchev–Trinajstić information content (AvgIpc) is 2.76. The summed E-state index contributed by atoms with van der Waals surface area (Å²) in [4.78, 5) is 12.1. The number of carbonyl (C=O) groups excluding carboxylic acids is 1. The van der Waals surface area contributed by atoms with Gasteiger partial charge in [0.15, 0.2) is 5.78 Å². The number of hydrogen-bond donors (Lipinski definition) is 0. The molecule has 0 aliphatic heterocycles. The minimum absolute atomic E-state index is 0.115. The van der Waals surface area contributed by atoms with Crippen LogP contribution in [-0.4, -0.2) is 20.0 Å². The SMILES string of the molecule is COc1cc(OC)c(C(C)=O)c(OCc2ccc(CCc3ccccc3)cc2)c1. The van der Waals surface area contributed by atoms with Crippen LogP contribution in [0.15, 0.2) is 66.7 Å². The van der Waals surface area contributed by atoms with Gasteiger partial charge >= 0.3 is 0 Å². The van der Waals surface area contributed by atoms with Gasteiger partial charge in [0.1, 0.15) is 29.4 Å². The molecule has 29 heavy (non-hydrogen) atoms. The molecule has 0 saturated heterocycles. The van der Waals surface area contributed by atoms with Crippen molar-refractivity contribution in [3.8, 4) is 17.2 Å². The molecule has 0 bridgehead atoms. The average molecular weight is 390 g/mol. The first-order chi connectivity index (χ1) is 14.1. The fraction of sp³-hybridized carbons (Fsp3) is 0.240. The Kier molecular flexibility index (Phi) is 6.90. The van der Waals surface area contributed by atoms with Gasteiger partial charge in [0.2, 0.25) is 0 Å². The van der Waals surface area contributed by atoms with Crippen LogP contribution in [0.4, 0.5) is 0 Å². The van der Waals surface area contributed by atoms with Crippen LogP contribution >= 0.6 is 0 Å². The highest BCUT2D eigenvalue weighted by Crippen LogP contribution is 2.35. The Morgan fingerprint density at radius 1 is 0.759 bits per heavy atom. The number of rotatable bonds is 9. The summed E-state index contributed by atoms with van der Waals surface area (Å²) in [6, 6.07) is 22.2. The van der Waals surface area contributed by atoms with Crippen LogP contribution in [0.2, 0.25) is 0 Å². The van der Waals surface area contributed by atoms with E-state index in [9.17, 15) is 4.79 Å². The highest BCUT2D eigenvalue weighted by molar-refractivity contribution is 6.00. The van der Waals surface area contributed by atoms with E-state index < -0.39 is 0 Å². The number of Topliss-reactive ketones (excluding diaryl/α,β-unsaturated/α-hetero) is 1. The maximum atomic E-state index is 12.1. The highest BCUT2D eigenvalue weighted by atomic mass is 16.5. The molecule has 0 aliphatic carbocycles. The van der Waals surface area contributed by atoms with E-state index in [4.69, 9.17) is 14.2 Å². The first-order valence-corrected chi connectivity index (χ1v) is 9.62. The fourth-order valence-electron chi connectivity index (χ4n) is 3.20. The summed E-state index contributed by atoms with van der Waals surface area (Å²) in [6.07, 6.45) is 2.01. The van der Waals surface area contributed by atoms with E-state index in [1.165, 1.54) is 25.2 Å². The van der Waals surface area contributed by atoms with Crippen molar-refractivity contribution < 1.29 is 19.0 Å². The third kappa shape index (κ3) is 5.38. The minimum atomic E-state index is -0.115. The summed E-state index contributed by atoms with van der Waals surface area (Å²) in [5.74, 6) is 1.37. The molecule has 0 fully saturated rings. The third-order valence-electron chi connectivity index (χ3n) is 4.81. The summed E-state index contributed by atoms with van der Waals surface area (Å²) >= 11 is 0. The smallest absolute Gasteiger partial charge is 0.167 e. The van der Waals surface area contributed by atoms with Crippen LogP contribution in [0, 0.1) is 0 Å². The highest BCUT2D eigenvalue weighted by Gasteiger charge is 2.17. The Morgan fingerprint density at radius 3 is 1.93 bits per heavy atom. The Hall–Kier alpha value is -3.27. The van der Waals surface area contributed by atoms with E-state index in [1.807, 2.05) is 6.07 Å². The van der Waals surface area contributed by atoms with Crippen molar-refractivity contribution in [1.82, 2.24) is 0 Å². The topological polar surface area (TPSA) is 44.8 Å². The van der Waals surface area contributed by atoms with E-state index in [0.717, 1.165) is 18.4 Å². The summed E-state index contributed by atoms with van der Waals surface area (Å²) < 4.78 is 16.6. The van der Waals surface area contributed by atoms with Gasteiger partial charge in [-0.3, -0.25) is 4.79 Å². The van der Waals surface area contributed by atoms with Gasteiger partial charge in [-0.15, -0.1) is 0 Å². The van der Waals surface area contributed by atoms with E-state index in [-0.39, 0.29) is 5.78 Å². The molecule has 0 atom stereocenters. The van der Waals surface area contributed by atoms with Crippen molar-refractivity contribution in [2.75, 3.05) is 14.2 Å². The number of aryl methyl sites for hydroxylation is 2. The Labute approximate surface area is 172 Å². The molecule has 0 aliphatic rings. The fourth-order valence-corrected chi connectivity index (χ4v) is 3.20. The van der Waals surface area contributed by atoms with Crippen molar-refractivity contribution in [2.24, 2.45) is 0 Å². The molecule has 0 aromatic heterocycles. The lowest BCUT2D eigenvalue weighted by Crippen LogP contribution is -2.05. The van der Waals surface area contributed by atoms with Gasteiger partial charge in [0.25, 0.3) is 0 Å². The van der Waals surface area contributed by atoms with Crippen LogP contribution in [0.1, 0.15) is 34.0 Å². The number of ketones is 1. The van der Waals surface area contributed by atoms with Gasteiger partial charge < -0.3 is 14.2 Å². The number of ether oxygens (including phenoxy) is 3. The van der Waals surface area contributed by atoms with Gasteiger partial charge in [-0.05, 0) is 36.5 Å². The second kappa shape index (κ2) is 9.78. The van der Waals surface area contributed by atoms with Gasteiger partial charge in [-0.2, -0.15) is 0 Å². The molecular weight excluding hydrogens is 364 g/mol. The lowest BCUT2D eigenvalue weighted by Gasteiger charge is -2.15. The molecule has 0 amide bonds. The molecule has 0 spiro atoms. The lowest BCUT2D eigenvalue weighted by atomic mass is 10.0. The lowest BCUT2D eigenvalue weighted by molar-refractivity contribution is 0.101. The monoisotopic (exact) mass is 390 g/mol. The van der Waals surface area contributed by atoms with Crippen molar-refractivity contribution in [1.29, 1.82) is 0 Å². The van der Waals surface area contributed by atoms with E-state index >= 15 is 0 Å². The van der Waals surface area contributed by atoms with Gasteiger partial charge in [-0.25, -0.2) is 0 Å². The summed E-state index contributed by atoms with van der Waals surface area (Å²) in [5.41, 5.74) is 4.08. The molecule has 3 aromatic rings. The minimum Gasteiger partial charge on any atom is -0.496 e. The van der Waals surface area contributed by atoms with Crippen molar-refractivity contribution in [3.63, 3.8) is 0 Å². The van der Waals surface area contributed by atoms with Crippen LogP contribution < -0.4 is 14.2 Å². The molecule has 0 saturated carbocycles. The van der Waals surface area contributed by atoms with Crippen LogP contribution in [0.5, 0.6) is 17.2 Å². The molecule has 4 nitrogen and oxygen atoms in total. The predicted molar refractivity (Wildman–Crippen MR) is 114 cm³/mol. The maximum Gasteiger partial charge on any atom is 0.167 e. The zero-order valence-corrected chi connectivity index (χ0v) is 17.1. The zero-order chi connectivity index (χ0) is 20.6. The largest absolute Gasteiger partial charge is 0.496 e. The number of methoxy groups -OCH3 is 2. The quantitative estimate of drug-likeness (QED) is 0.467. The molecule has 0 heterocycles. The molecule has 4 heteroatoms. The van der Waals surface area contributed by atoms with Gasteiger partial charge in [0.05, 0.1) is 14.2 Å². The first kappa shape index (κ1) is 20.5. The van der Waals surface area contributed by atoms with E-state index in [0.29, 0.717) is 29.4 Å². The molecule has 3 rings (SSSR count). The Bertz CT molecular complexity index is 947. The van der Waals surface area contributed by atoms with Gasteiger partial charge in [-0.1, -0.05) is 54.6 Å². The Morgan fingerprint density at radius 2 is 1.34 bits per heavy atom. The third-order valence-corrected chi connectivity index (χ3v) is 4.81. The predicted octanol–water partition coefficient (Wildman–Crippen LogP) is 5.27. The Balaban J connectivity index is 1.67. The summed E-state index contributed by atoms with van der Waals surface area (Å²) in [5, 5.41) is 0. The number of hydrogen-bond acceptors (Lipinski definition) is 4. The number of benzene rings is 3. The van der Waals surface area contributed by atoms with Crippen LogP contribution in [0.25, 0.3) is 0 Å². The normalized spacial score (nSPS) is 10.4. The standard InChI is InChI=1S/C25H26O4/c1-18(26)25-23(28-3)15-22(27-2)16-24(25)29-17-21-13-11-20(12-14-21)10-9-19-7-5-4-6-8-19/h4-8,11-16H,9-10,17H2,1-3H3. The molecule has 0 radical (unpaired) electrons. The van der Waals surface area contributed by atoms with Gasteiger partial charge in [0, 0.05) is 12.1 Å². The van der Waals surface area contributed by atoms with E-state index in [2.05, 4.69) is 48.5 Å². The van der Waals surface area contributed by atoms with Crippen molar-refractivity contribution in [3.05, 3.63) is 89.0 Å².